The maximum absolute atomic E-state index is 11.5. The molecular weight excluding hydrogens is 224 g/mol. The third kappa shape index (κ3) is 2.04. The molecule has 6 heteroatoms. The van der Waals surface area contributed by atoms with E-state index in [0.29, 0.717) is 12.1 Å². The van der Waals surface area contributed by atoms with Gasteiger partial charge in [-0.15, -0.1) is 5.10 Å². The zero-order valence-corrected chi connectivity index (χ0v) is 9.92. The molecule has 88 valence electrons. The minimum atomic E-state index is -0.0515. The van der Waals surface area contributed by atoms with Gasteiger partial charge in [0.05, 0.1) is 0 Å². The Morgan fingerprint density at radius 3 is 3.00 bits per heavy atom. The number of rotatable bonds is 4. The predicted octanol–water partition coefficient (Wildman–Crippen LogP) is 0.750. The molecule has 2 aliphatic rings. The Morgan fingerprint density at radius 1 is 1.44 bits per heavy atom. The highest BCUT2D eigenvalue weighted by Gasteiger charge is 2.28. The number of hydrogen-bond acceptors (Lipinski definition) is 4. The normalized spacial score (nSPS) is 25.1. The first kappa shape index (κ1) is 10.4. The summed E-state index contributed by atoms with van der Waals surface area (Å²) in [5.41, 5.74) is -0.0515. The van der Waals surface area contributed by atoms with Crippen molar-refractivity contribution in [3.63, 3.8) is 0 Å². The molecular formula is C10H16N4OS. The van der Waals surface area contributed by atoms with Crippen molar-refractivity contribution in [2.24, 2.45) is 0 Å². The molecule has 1 saturated heterocycles. The maximum atomic E-state index is 11.5. The van der Waals surface area contributed by atoms with Crippen molar-refractivity contribution in [1.29, 1.82) is 0 Å². The van der Waals surface area contributed by atoms with Crippen LogP contribution in [0, 0.1) is 0 Å². The Balaban J connectivity index is 1.66. The van der Waals surface area contributed by atoms with Crippen LogP contribution in [0.25, 0.3) is 0 Å². The second kappa shape index (κ2) is 4.25. The molecule has 0 amide bonds. The van der Waals surface area contributed by atoms with Crippen LogP contribution >= 0.6 is 11.8 Å². The molecule has 0 aromatic carbocycles. The third-order valence-corrected chi connectivity index (χ3v) is 4.28. The summed E-state index contributed by atoms with van der Waals surface area (Å²) >= 11 is 1.69. The van der Waals surface area contributed by atoms with Crippen LogP contribution in [0.1, 0.15) is 31.7 Å². The van der Waals surface area contributed by atoms with E-state index >= 15 is 0 Å². The highest BCUT2D eigenvalue weighted by Crippen LogP contribution is 2.36. The highest BCUT2D eigenvalue weighted by molar-refractivity contribution is 7.99. The second-order valence-corrected chi connectivity index (χ2v) is 5.50. The van der Waals surface area contributed by atoms with E-state index in [0.717, 1.165) is 30.3 Å². The number of aromatic nitrogens is 3. The van der Waals surface area contributed by atoms with E-state index in [4.69, 9.17) is 0 Å². The lowest BCUT2D eigenvalue weighted by Crippen LogP contribution is -2.24. The molecule has 16 heavy (non-hydrogen) atoms. The number of aromatic amines is 1. The van der Waals surface area contributed by atoms with E-state index in [-0.39, 0.29) is 5.69 Å². The van der Waals surface area contributed by atoms with Crippen molar-refractivity contribution < 1.29 is 0 Å². The summed E-state index contributed by atoms with van der Waals surface area (Å²) in [5.74, 6) is 1.01. The van der Waals surface area contributed by atoms with Gasteiger partial charge in [-0.05, 0) is 32.2 Å². The number of thioether (sulfide) groups is 1. The van der Waals surface area contributed by atoms with Crippen LogP contribution in [0.15, 0.2) is 9.95 Å². The Morgan fingerprint density at radius 2 is 2.31 bits per heavy atom. The number of nitrogens with one attached hydrogen (secondary N) is 2. The molecule has 0 bridgehead atoms. The molecule has 3 rings (SSSR count). The number of nitrogens with zero attached hydrogens (tertiary/aromatic N) is 2. The quantitative estimate of drug-likeness (QED) is 0.762. The summed E-state index contributed by atoms with van der Waals surface area (Å²) in [6.45, 7) is 1.13. The second-order valence-electron chi connectivity index (χ2n) is 4.52. The van der Waals surface area contributed by atoms with Crippen LogP contribution in [0.5, 0.6) is 0 Å². The molecule has 0 spiro atoms. The Bertz CT molecular complexity index is 417. The van der Waals surface area contributed by atoms with Gasteiger partial charge < -0.3 is 5.32 Å². The molecule has 2 heterocycles. The Hall–Kier alpha value is -0.750. The number of H-pyrrole nitrogens is 1. The third-order valence-electron chi connectivity index (χ3n) is 3.16. The molecule has 1 aliphatic carbocycles. The van der Waals surface area contributed by atoms with Crippen molar-refractivity contribution in [2.75, 3.05) is 12.3 Å². The van der Waals surface area contributed by atoms with E-state index in [9.17, 15) is 4.79 Å². The zero-order valence-electron chi connectivity index (χ0n) is 9.11. The van der Waals surface area contributed by atoms with Crippen molar-refractivity contribution >= 4 is 11.8 Å². The fourth-order valence-electron chi connectivity index (χ4n) is 2.12. The molecule has 5 nitrogen and oxygen atoms in total. The molecule has 1 atom stereocenters. The molecule has 0 radical (unpaired) electrons. The van der Waals surface area contributed by atoms with E-state index in [1.165, 1.54) is 12.8 Å². The first-order valence-corrected chi connectivity index (χ1v) is 6.86. The Kier molecular flexibility index (Phi) is 2.77. The van der Waals surface area contributed by atoms with E-state index in [1.54, 1.807) is 11.8 Å². The first-order chi connectivity index (χ1) is 7.84. The molecule has 1 aromatic rings. The summed E-state index contributed by atoms with van der Waals surface area (Å²) < 4.78 is 1.82. The van der Waals surface area contributed by atoms with Crippen molar-refractivity contribution in [1.82, 2.24) is 20.1 Å². The lowest BCUT2D eigenvalue weighted by atomic mass is 10.3. The molecule has 2 N–H and O–H groups in total. The fraction of sp³-hybridized carbons (Fsp3) is 0.800. The van der Waals surface area contributed by atoms with Gasteiger partial charge in [0.15, 0.2) is 5.16 Å². The minimum Gasteiger partial charge on any atom is -0.313 e. The summed E-state index contributed by atoms with van der Waals surface area (Å²) in [6, 6.07) is 0.995. The van der Waals surface area contributed by atoms with Gasteiger partial charge in [-0.2, -0.15) is 0 Å². The predicted molar refractivity (Wildman–Crippen MR) is 62.9 cm³/mol. The minimum absolute atomic E-state index is 0.0515. The standard InChI is InChI=1S/C10H16N4OS/c15-9-12-13-10(14(9)8-3-4-8)16-6-7-2-1-5-11-7/h7-8,11H,1-6H2,(H,12,15)/t7-/m1/s1. The molecule has 1 aliphatic heterocycles. The van der Waals surface area contributed by atoms with Gasteiger partial charge in [0.1, 0.15) is 0 Å². The average Bonchev–Trinajstić information content (AvgIpc) is 2.85. The van der Waals surface area contributed by atoms with Crippen molar-refractivity contribution in [3.8, 4) is 0 Å². The largest absolute Gasteiger partial charge is 0.344 e. The molecule has 1 aromatic heterocycles. The monoisotopic (exact) mass is 240 g/mol. The first-order valence-electron chi connectivity index (χ1n) is 5.87. The molecule has 0 unspecified atom stereocenters. The van der Waals surface area contributed by atoms with Crippen LogP contribution in [0.4, 0.5) is 0 Å². The van der Waals surface area contributed by atoms with Crippen LogP contribution in [-0.2, 0) is 0 Å². The maximum Gasteiger partial charge on any atom is 0.344 e. The van der Waals surface area contributed by atoms with Gasteiger partial charge in [-0.1, -0.05) is 11.8 Å². The van der Waals surface area contributed by atoms with E-state index in [1.807, 2.05) is 4.57 Å². The summed E-state index contributed by atoms with van der Waals surface area (Å²) in [6.07, 6.45) is 4.75. The summed E-state index contributed by atoms with van der Waals surface area (Å²) in [5, 5.41) is 11.0. The summed E-state index contributed by atoms with van der Waals surface area (Å²) in [7, 11) is 0. The summed E-state index contributed by atoms with van der Waals surface area (Å²) in [4.78, 5) is 11.5. The van der Waals surface area contributed by atoms with Gasteiger partial charge in [0, 0.05) is 17.8 Å². The van der Waals surface area contributed by atoms with Crippen LogP contribution < -0.4 is 11.0 Å². The van der Waals surface area contributed by atoms with Crippen LogP contribution in [0.3, 0.4) is 0 Å². The van der Waals surface area contributed by atoms with Crippen LogP contribution in [0.2, 0.25) is 0 Å². The van der Waals surface area contributed by atoms with E-state index < -0.39 is 0 Å². The van der Waals surface area contributed by atoms with Gasteiger partial charge in [0.2, 0.25) is 0 Å². The highest BCUT2D eigenvalue weighted by atomic mass is 32.2. The average molecular weight is 240 g/mol. The molecule has 2 fully saturated rings. The van der Waals surface area contributed by atoms with Gasteiger partial charge in [-0.25, -0.2) is 9.89 Å². The SMILES string of the molecule is O=c1[nH]nc(SC[C@H]2CCCN2)n1C1CC1. The zero-order chi connectivity index (χ0) is 11.0. The van der Waals surface area contributed by atoms with Crippen molar-refractivity contribution in [3.05, 3.63) is 10.5 Å². The van der Waals surface area contributed by atoms with Gasteiger partial charge >= 0.3 is 5.69 Å². The number of hydrogen-bond donors (Lipinski definition) is 2. The van der Waals surface area contributed by atoms with Gasteiger partial charge in [-0.3, -0.25) is 4.57 Å². The fourth-order valence-corrected chi connectivity index (χ4v) is 3.24. The Labute approximate surface area is 98.0 Å². The smallest absolute Gasteiger partial charge is 0.313 e. The topological polar surface area (TPSA) is 62.7 Å². The lowest BCUT2D eigenvalue weighted by Gasteiger charge is -2.09. The lowest BCUT2D eigenvalue weighted by molar-refractivity contribution is 0.636. The van der Waals surface area contributed by atoms with Crippen molar-refractivity contribution in [2.45, 2.75) is 42.9 Å². The van der Waals surface area contributed by atoms with Crippen LogP contribution in [-0.4, -0.2) is 33.1 Å². The van der Waals surface area contributed by atoms with Gasteiger partial charge in [0.25, 0.3) is 0 Å². The molecule has 1 saturated carbocycles. The van der Waals surface area contributed by atoms with E-state index in [2.05, 4.69) is 15.5 Å².